The van der Waals surface area contributed by atoms with Crippen molar-refractivity contribution in [2.24, 2.45) is 0 Å². The van der Waals surface area contributed by atoms with Crippen LogP contribution in [0.2, 0.25) is 0 Å². The van der Waals surface area contributed by atoms with E-state index in [1.807, 2.05) is 0 Å². The molecule has 0 heterocycles. The summed E-state index contributed by atoms with van der Waals surface area (Å²) in [4.78, 5) is 23.4. The number of nitrogens with one attached hydrogen (secondary N) is 2. The fourth-order valence-electron chi connectivity index (χ4n) is 2.75. The highest BCUT2D eigenvalue weighted by Gasteiger charge is 2.20. The highest BCUT2D eigenvalue weighted by atomic mass is 19.1. The van der Waals surface area contributed by atoms with Crippen LogP contribution in [0.1, 0.15) is 44.2 Å². The number of carbonyl (C=O) groups is 2. The topological polar surface area (TPSA) is 74.8 Å². The second-order valence-corrected chi connectivity index (χ2v) is 5.90. The molecule has 1 aromatic carbocycles. The van der Waals surface area contributed by atoms with E-state index in [1.165, 1.54) is 12.1 Å². The number of hydrogen-bond acceptors (Lipinski definition) is 2. The number of halogens is 2. The van der Waals surface area contributed by atoms with Crippen molar-refractivity contribution in [3.05, 3.63) is 35.4 Å². The van der Waals surface area contributed by atoms with Crippen LogP contribution in [0, 0.1) is 11.6 Å². The Labute approximate surface area is 133 Å². The first-order chi connectivity index (χ1) is 11.0. The van der Waals surface area contributed by atoms with Crippen molar-refractivity contribution in [2.45, 2.75) is 44.7 Å². The Bertz CT molecular complexity index is 574. The van der Waals surface area contributed by atoms with Gasteiger partial charge in [-0.15, -0.1) is 0 Å². The minimum absolute atomic E-state index is 0.0178. The predicted octanol–water partition coefficient (Wildman–Crippen LogP) is 1.36. The average Bonchev–Trinajstić information content (AvgIpc) is 2.97. The first kappa shape index (κ1) is 17.3. The second kappa shape index (κ2) is 8.01. The Kier molecular flexibility index (Phi) is 6.04. The van der Waals surface area contributed by atoms with E-state index >= 15 is 0 Å². The molecule has 7 heteroatoms. The molecule has 0 spiro atoms. The lowest BCUT2D eigenvalue weighted by Gasteiger charge is -2.14. The Hall–Kier alpha value is -2.02. The molecule has 2 rings (SSSR count). The first-order valence-electron chi connectivity index (χ1n) is 7.84. The zero-order chi connectivity index (χ0) is 16.8. The van der Waals surface area contributed by atoms with Crippen LogP contribution in [0.3, 0.4) is 0 Å². The van der Waals surface area contributed by atoms with Gasteiger partial charge in [-0.2, -0.15) is 0 Å². The van der Waals surface area contributed by atoms with Crippen LogP contribution in [0.4, 0.5) is 13.6 Å². The van der Waals surface area contributed by atoms with Crippen LogP contribution in [0.15, 0.2) is 18.2 Å². The van der Waals surface area contributed by atoms with Crippen molar-refractivity contribution in [3.8, 4) is 0 Å². The lowest BCUT2D eigenvalue weighted by atomic mass is 10.1. The summed E-state index contributed by atoms with van der Waals surface area (Å²) in [7, 11) is 0. The summed E-state index contributed by atoms with van der Waals surface area (Å²) in [6.45, 7) is 1.69. The predicted molar refractivity (Wildman–Crippen MR) is 80.5 cm³/mol. The summed E-state index contributed by atoms with van der Waals surface area (Å²) < 4.78 is 26.5. The van der Waals surface area contributed by atoms with Crippen molar-refractivity contribution in [2.75, 3.05) is 6.54 Å². The smallest absolute Gasteiger partial charge is 0.321 e. The molecular weight excluding hydrogens is 304 g/mol. The quantitative estimate of drug-likeness (QED) is 0.764. The maximum Gasteiger partial charge on any atom is 0.321 e. The van der Waals surface area contributed by atoms with Crippen LogP contribution in [0.5, 0.6) is 0 Å². The second-order valence-electron chi connectivity index (χ2n) is 5.90. The number of benzene rings is 1. The normalized spacial score (nSPS) is 16.1. The maximum absolute atomic E-state index is 13.6. The number of carbonyl (C=O) groups excluding carboxylic acids is 2. The fourth-order valence-corrected chi connectivity index (χ4v) is 2.75. The summed E-state index contributed by atoms with van der Waals surface area (Å²) in [5.41, 5.74) is 0.314. The lowest BCUT2D eigenvalue weighted by molar-refractivity contribution is -0.682. The molecule has 23 heavy (non-hydrogen) atoms. The number of amides is 3. The van der Waals surface area contributed by atoms with Gasteiger partial charge >= 0.3 is 6.03 Å². The molecule has 0 aromatic heterocycles. The molecule has 1 fully saturated rings. The molecule has 1 saturated carbocycles. The average molecular weight is 326 g/mol. The molecular formula is C16H22F2N3O2+. The van der Waals surface area contributed by atoms with E-state index in [0.29, 0.717) is 5.56 Å². The van der Waals surface area contributed by atoms with E-state index in [2.05, 4.69) is 10.6 Å². The summed E-state index contributed by atoms with van der Waals surface area (Å²) >= 11 is 0. The van der Waals surface area contributed by atoms with E-state index in [9.17, 15) is 18.4 Å². The third-order valence-electron chi connectivity index (χ3n) is 4.05. The number of hydrogen-bond donors (Lipinski definition) is 3. The summed E-state index contributed by atoms with van der Waals surface area (Å²) in [5, 5.41) is 6.61. The van der Waals surface area contributed by atoms with Crippen molar-refractivity contribution in [3.63, 3.8) is 0 Å². The molecule has 126 valence electrons. The summed E-state index contributed by atoms with van der Waals surface area (Å²) in [6, 6.07) is 2.64. The molecule has 5 nitrogen and oxygen atoms in total. The van der Waals surface area contributed by atoms with E-state index in [4.69, 9.17) is 0 Å². The van der Waals surface area contributed by atoms with Gasteiger partial charge in [-0.3, -0.25) is 10.1 Å². The molecule has 1 aliphatic carbocycles. The van der Waals surface area contributed by atoms with Crippen LogP contribution < -0.4 is 16.0 Å². The lowest BCUT2D eigenvalue weighted by Crippen LogP contribution is -2.87. The minimum atomic E-state index is -0.645. The molecule has 1 aliphatic rings. The van der Waals surface area contributed by atoms with E-state index in [-0.39, 0.29) is 18.6 Å². The Morgan fingerprint density at radius 1 is 1.30 bits per heavy atom. The zero-order valence-electron chi connectivity index (χ0n) is 13.1. The molecule has 0 bridgehead atoms. The molecule has 0 saturated heterocycles. The first-order valence-corrected chi connectivity index (χ1v) is 7.84. The summed E-state index contributed by atoms with van der Waals surface area (Å²) in [5.74, 6) is -1.73. The van der Waals surface area contributed by atoms with Gasteiger partial charge in [0.25, 0.3) is 5.91 Å². The van der Waals surface area contributed by atoms with Gasteiger partial charge in [0.15, 0.2) is 6.54 Å². The molecule has 0 aliphatic heterocycles. The molecule has 1 atom stereocenters. The number of imide groups is 1. The van der Waals surface area contributed by atoms with E-state index < -0.39 is 23.6 Å². The van der Waals surface area contributed by atoms with Gasteiger partial charge < -0.3 is 10.6 Å². The Morgan fingerprint density at radius 2 is 2.00 bits per heavy atom. The van der Waals surface area contributed by atoms with Gasteiger partial charge in [-0.1, -0.05) is 12.8 Å². The minimum Gasteiger partial charge on any atom is -0.335 e. The van der Waals surface area contributed by atoms with E-state index in [0.717, 1.165) is 31.7 Å². The number of quaternary nitrogens is 1. The van der Waals surface area contributed by atoms with Crippen LogP contribution >= 0.6 is 0 Å². The highest BCUT2D eigenvalue weighted by Crippen LogP contribution is 2.17. The molecule has 4 N–H and O–H groups in total. The van der Waals surface area contributed by atoms with Gasteiger partial charge in [0.05, 0.1) is 0 Å². The maximum atomic E-state index is 13.6. The van der Waals surface area contributed by atoms with Crippen LogP contribution in [0.25, 0.3) is 0 Å². The SMILES string of the molecule is C[C@@H]([NH2+]CC(=O)NC(=O)NC1CCCC1)c1ccc(F)cc1F. The molecule has 1 aromatic rings. The van der Waals surface area contributed by atoms with Gasteiger partial charge in [0.2, 0.25) is 0 Å². The third kappa shape index (κ3) is 5.28. The monoisotopic (exact) mass is 326 g/mol. The van der Waals surface area contributed by atoms with Crippen molar-refractivity contribution in [1.82, 2.24) is 10.6 Å². The zero-order valence-corrected chi connectivity index (χ0v) is 13.1. The number of rotatable bonds is 5. The van der Waals surface area contributed by atoms with Crippen molar-refractivity contribution < 1.29 is 23.7 Å². The van der Waals surface area contributed by atoms with Crippen molar-refractivity contribution >= 4 is 11.9 Å². The van der Waals surface area contributed by atoms with Gasteiger partial charge in [-0.05, 0) is 31.9 Å². The van der Waals surface area contributed by atoms with Gasteiger partial charge in [0.1, 0.15) is 17.7 Å². The molecule has 3 amide bonds. The summed E-state index contributed by atoms with van der Waals surface area (Å²) in [6.07, 6.45) is 4.06. The van der Waals surface area contributed by atoms with Gasteiger partial charge in [-0.25, -0.2) is 13.6 Å². The van der Waals surface area contributed by atoms with Gasteiger partial charge in [0, 0.05) is 17.7 Å². The third-order valence-corrected chi connectivity index (χ3v) is 4.05. The standard InChI is InChI=1S/C16H21F2N3O2/c1-10(13-7-6-11(17)8-14(13)18)19-9-15(22)21-16(23)20-12-4-2-3-5-12/h6-8,10,12,19H,2-5,9H2,1H3,(H2,20,21,22,23)/p+1/t10-/m1/s1. The molecule has 0 unspecified atom stereocenters. The number of nitrogens with two attached hydrogens (primary N) is 1. The largest absolute Gasteiger partial charge is 0.335 e. The van der Waals surface area contributed by atoms with Crippen LogP contribution in [-0.2, 0) is 4.79 Å². The number of urea groups is 1. The fraction of sp³-hybridized carbons (Fsp3) is 0.500. The van der Waals surface area contributed by atoms with Crippen LogP contribution in [-0.4, -0.2) is 24.5 Å². The van der Waals surface area contributed by atoms with E-state index in [1.54, 1.807) is 12.2 Å². The molecule has 0 radical (unpaired) electrons. The Balaban J connectivity index is 1.75. The Morgan fingerprint density at radius 3 is 2.65 bits per heavy atom. The highest BCUT2D eigenvalue weighted by molar-refractivity contribution is 5.94. The van der Waals surface area contributed by atoms with Crippen molar-refractivity contribution in [1.29, 1.82) is 0 Å².